The first-order chi connectivity index (χ1) is 5.54. The predicted octanol–water partition coefficient (Wildman–Crippen LogP) is 0.732. The highest BCUT2D eigenvalue weighted by Gasteiger charge is 2.28. The third kappa shape index (κ3) is 2.81. The smallest absolute Gasteiger partial charge is 0.320 e. The second-order valence-electron chi connectivity index (χ2n) is 2.24. The molecule has 0 heterocycles. The maximum absolute atomic E-state index is 10.9. The molecule has 0 saturated heterocycles. The van der Waals surface area contributed by atoms with Crippen molar-refractivity contribution in [2.24, 2.45) is 5.92 Å². The Morgan fingerprint density at radius 2 is 1.58 bits per heavy atom. The van der Waals surface area contributed by atoms with Crippen LogP contribution in [0, 0.1) is 5.92 Å². The van der Waals surface area contributed by atoms with Crippen LogP contribution in [0.2, 0.25) is 0 Å². The van der Waals surface area contributed by atoms with Gasteiger partial charge >= 0.3 is 11.9 Å². The van der Waals surface area contributed by atoms with Crippen LogP contribution in [0.1, 0.15) is 6.92 Å². The molecule has 12 heavy (non-hydrogen) atoms. The van der Waals surface area contributed by atoms with E-state index in [0.717, 1.165) is 0 Å². The maximum Gasteiger partial charge on any atom is 0.320 e. The fourth-order valence-corrected chi connectivity index (χ4v) is 1.02. The van der Waals surface area contributed by atoms with Crippen LogP contribution in [0.25, 0.3) is 0 Å². The summed E-state index contributed by atoms with van der Waals surface area (Å²) in [5.41, 5.74) is 0. The Bertz CT molecular complexity index is 160. The Balaban J connectivity index is 4.18. The highest BCUT2D eigenvalue weighted by Crippen LogP contribution is 2.15. The van der Waals surface area contributed by atoms with E-state index in [4.69, 9.17) is 0 Å². The van der Waals surface area contributed by atoms with Gasteiger partial charge in [-0.1, -0.05) is 22.9 Å². The first-order valence-electron chi connectivity index (χ1n) is 3.34. The van der Waals surface area contributed by atoms with Crippen molar-refractivity contribution in [3.63, 3.8) is 0 Å². The molecule has 0 amide bonds. The molecule has 0 radical (unpaired) electrons. The molecule has 0 N–H and O–H groups in total. The van der Waals surface area contributed by atoms with E-state index in [1.54, 1.807) is 6.92 Å². The average molecular weight is 239 g/mol. The summed E-state index contributed by atoms with van der Waals surface area (Å²) in [5, 5.41) is 0. The maximum atomic E-state index is 10.9. The zero-order valence-electron chi connectivity index (χ0n) is 7.17. The molecule has 0 aliphatic carbocycles. The molecule has 5 heteroatoms. The third-order valence-electron chi connectivity index (χ3n) is 1.44. The molecule has 2 atom stereocenters. The summed E-state index contributed by atoms with van der Waals surface area (Å²) in [5.74, 6) is -1.46. The molecule has 0 aliphatic heterocycles. The number of alkyl halides is 1. The molecular weight excluding hydrogens is 228 g/mol. The van der Waals surface area contributed by atoms with Crippen LogP contribution in [0.15, 0.2) is 0 Å². The second kappa shape index (κ2) is 5.13. The molecule has 0 aliphatic rings. The van der Waals surface area contributed by atoms with Crippen LogP contribution < -0.4 is 0 Å². The van der Waals surface area contributed by atoms with Gasteiger partial charge in [-0.2, -0.15) is 0 Å². The lowest BCUT2D eigenvalue weighted by Crippen LogP contribution is -2.29. The minimum atomic E-state index is -0.644. The standard InChI is InChI=1S/C7H11BrO4/c1-4(6(9)11-2)5(8)7(10)12-3/h4-5H,1-3H3/t4-,5+/m1/s1. The third-order valence-corrected chi connectivity index (χ3v) is 2.61. The molecule has 0 fully saturated rings. The van der Waals surface area contributed by atoms with Crippen LogP contribution in [0.5, 0.6) is 0 Å². The molecule has 0 unspecified atom stereocenters. The number of esters is 2. The van der Waals surface area contributed by atoms with E-state index < -0.39 is 22.7 Å². The lowest BCUT2D eigenvalue weighted by atomic mass is 10.1. The number of ether oxygens (including phenoxy) is 2. The highest BCUT2D eigenvalue weighted by atomic mass is 79.9. The number of hydrogen-bond acceptors (Lipinski definition) is 4. The lowest BCUT2D eigenvalue weighted by molar-refractivity contribution is -0.150. The molecule has 0 saturated carbocycles. The Kier molecular flexibility index (Phi) is 4.89. The molecule has 4 nitrogen and oxygen atoms in total. The monoisotopic (exact) mass is 238 g/mol. The summed E-state index contributed by atoms with van der Waals surface area (Å²) < 4.78 is 8.89. The summed E-state index contributed by atoms with van der Waals surface area (Å²) in [6, 6.07) is 0. The van der Waals surface area contributed by atoms with Gasteiger partial charge in [0.2, 0.25) is 0 Å². The Labute approximate surface area is 79.3 Å². The number of rotatable bonds is 3. The van der Waals surface area contributed by atoms with Crippen LogP contribution in [0.4, 0.5) is 0 Å². The summed E-state index contributed by atoms with van der Waals surface area (Å²) in [7, 11) is 2.54. The van der Waals surface area contributed by atoms with Crippen molar-refractivity contribution in [1.82, 2.24) is 0 Å². The molecule has 0 aromatic carbocycles. The first-order valence-corrected chi connectivity index (χ1v) is 4.25. The topological polar surface area (TPSA) is 52.6 Å². The van der Waals surface area contributed by atoms with Gasteiger partial charge in [0.05, 0.1) is 20.1 Å². The van der Waals surface area contributed by atoms with Gasteiger partial charge in [0, 0.05) is 0 Å². The average Bonchev–Trinajstić information content (AvgIpc) is 2.12. The number of carbonyl (C=O) groups is 2. The quantitative estimate of drug-likeness (QED) is 0.538. The molecule has 0 rings (SSSR count). The van der Waals surface area contributed by atoms with Crippen LogP contribution in [-0.2, 0) is 19.1 Å². The largest absolute Gasteiger partial charge is 0.469 e. The van der Waals surface area contributed by atoms with Gasteiger partial charge in [0.15, 0.2) is 0 Å². The minimum Gasteiger partial charge on any atom is -0.469 e. The van der Waals surface area contributed by atoms with Crippen LogP contribution >= 0.6 is 15.9 Å². The molecule has 0 spiro atoms. The predicted molar refractivity (Wildman–Crippen MR) is 45.9 cm³/mol. The van der Waals surface area contributed by atoms with Gasteiger partial charge in [-0.05, 0) is 0 Å². The van der Waals surface area contributed by atoms with Gasteiger partial charge in [-0.25, -0.2) is 0 Å². The fourth-order valence-electron chi connectivity index (χ4n) is 0.622. The van der Waals surface area contributed by atoms with Gasteiger partial charge in [-0.3, -0.25) is 9.59 Å². The Morgan fingerprint density at radius 1 is 1.17 bits per heavy atom. The van der Waals surface area contributed by atoms with Crippen molar-refractivity contribution in [2.75, 3.05) is 14.2 Å². The number of methoxy groups -OCH3 is 2. The summed E-state index contributed by atoms with van der Waals surface area (Å²) in [4.78, 5) is 21.2. The van der Waals surface area contributed by atoms with Crippen LogP contribution in [-0.4, -0.2) is 31.0 Å². The molecule has 70 valence electrons. The molecular formula is C7H11BrO4. The number of carbonyl (C=O) groups excluding carboxylic acids is 2. The zero-order chi connectivity index (χ0) is 9.72. The molecule has 0 aromatic rings. The zero-order valence-corrected chi connectivity index (χ0v) is 8.75. The van der Waals surface area contributed by atoms with Gasteiger partial charge in [0.25, 0.3) is 0 Å². The van der Waals surface area contributed by atoms with E-state index in [0.29, 0.717) is 0 Å². The Morgan fingerprint density at radius 3 is 1.92 bits per heavy atom. The van der Waals surface area contributed by atoms with E-state index in [9.17, 15) is 9.59 Å². The summed E-state index contributed by atoms with van der Waals surface area (Å²) in [6.45, 7) is 1.59. The van der Waals surface area contributed by atoms with Gasteiger partial charge < -0.3 is 9.47 Å². The normalized spacial score (nSPS) is 14.7. The number of halogens is 1. The van der Waals surface area contributed by atoms with E-state index in [-0.39, 0.29) is 0 Å². The molecule has 0 bridgehead atoms. The van der Waals surface area contributed by atoms with E-state index >= 15 is 0 Å². The number of hydrogen-bond donors (Lipinski definition) is 0. The Hall–Kier alpha value is -0.580. The first kappa shape index (κ1) is 11.4. The van der Waals surface area contributed by atoms with Crippen molar-refractivity contribution >= 4 is 27.9 Å². The summed E-state index contributed by atoms with van der Waals surface area (Å²) in [6.07, 6.45) is 0. The summed E-state index contributed by atoms with van der Waals surface area (Å²) >= 11 is 3.03. The van der Waals surface area contributed by atoms with Crippen molar-refractivity contribution in [3.05, 3.63) is 0 Å². The van der Waals surface area contributed by atoms with E-state index in [1.807, 2.05) is 0 Å². The van der Waals surface area contributed by atoms with Crippen molar-refractivity contribution in [1.29, 1.82) is 0 Å². The lowest BCUT2D eigenvalue weighted by Gasteiger charge is -2.13. The molecule has 0 aromatic heterocycles. The van der Waals surface area contributed by atoms with Crippen molar-refractivity contribution in [2.45, 2.75) is 11.8 Å². The van der Waals surface area contributed by atoms with Crippen LogP contribution in [0.3, 0.4) is 0 Å². The fraction of sp³-hybridized carbons (Fsp3) is 0.714. The van der Waals surface area contributed by atoms with Crippen molar-refractivity contribution < 1.29 is 19.1 Å². The van der Waals surface area contributed by atoms with E-state index in [2.05, 4.69) is 25.4 Å². The van der Waals surface area contributed by atoms with E-state index in [1.165, 1.54) is 14.2 Å². The highest BCUT2D eigenvalue weighted by molar-refractivity contribution is 9.10. The van der Waals surface area contributed by atoms with Gasteiger partial charge in [0.1, 0.15) is 4.83 Å². The minimum absolute atomic E-state index is 0.442. The van der Waals surface area contributed by atoms with Gasteiger partial charge in [-0.15, -0.1) is 0 Å². The van der Waals surface area contributed by atoms with Crippen molar-refractivity contribution in [3.8, 4) is 0 Å². The second-order valence-corrected chi connectivity index (χ2v) is 3.22. The SMILES string of the molecule is COC(=O)[C@@H](Br)[C@@H](C)C(=O)OC.